The van der Waals surface area contributed by atoms with E-state index in [4.69, 9.17) is 0 Å². The van der Waals surface area contributed by atoms with Crippen molar-refractivity contribution in [3.63, 3.8) is 0 Å². The number of aromatic nitrogens is 2. The molecule has 1 aliphatic carbocycles. The SMILES string of the molecule is O=C(NC1CCC(c2ccccc2)CC1)c1n[nH]c2ccccc12. The molecule has 24 heavy (non-hydrogen) atoms. The van der Waals surface area contributed by atoms with E-state index < -0.39 is 0 Å². The Morgan fingerprint density at radius 3 is 2.46 bits per heavy atom. The summed E-state index contributed by atoms with van der Waals surface area (Å²) in [5.74, 6) is 0.543. The average Bonchev–Trinajstić information content (AvgIpc) is 3.07. The van der Waals surface area contributed by atoms with Gasteiger partial charge in [-0.25, -0.2) is 0 Å². The Balaban J connectivity index is 1.39. The molecule has 4 rings (SSSR count). The van der Waals surface area contributed by atoms with Crippen LogP contribution in [-0.4, -0.2) is 22.1 Å². The lowest BCUT2D eigenvalue weighted by Crippen LogP contribution is -2.37. The Labute approximate surface area is 141 Å². The maximum absolute atomic E-state index is 12.5. The summed E-state index contributed by atoms with van der Waals surface area (Å²) < 4.78 is 0. The molecule has 2 N–H and O–H groups in total. The van der Waals surface area contributed by atoms with Crippen LogP contribution in [0.4, 0.5) is 0 Å². The largest absolute Gasteiger partial charge is 0.348 e. The molecule has 0 bridgehead atoms. The number of benzene rings is 2. The molecule has 3 aromatic rings. The molecule has 0 radical (unpaired) electrons. The van der Waals surface area contributed by atoms with Gasteiger partial charge < -0.3 is 5.32 Å². The third kappa shape index (κ3) is 2.92. The molecular formula is C20H21N3O. The Hall–Kier alpha value is -2.62. The first-order chi connectivity index (χ1) is 11.8. The summed E-state index contributed by atoms with van der Waals surface area (Å²) in [5, 5.41) is 11.2. The highest BCUT2D eigenvalue weighted by atomic mass is 16.2. The average molecular weight is 319 g/mol. The number of fused-ring (bicyclic) bond motifs is 1. The molecule has 4 nitrogen and oxygen atoms in total. The highest BCUT2D eigenvalue weighted by molar-refractivity contribution is 6.04. The van der Waals surface area contributed by atoms with Gasteiger partial charge in [0.05, 0.1) is 5.52 Å². The van der Waals surface area contributed by atoms with E-state index in [0.29, 0.717) is 11.6 Å². The third-order valence-electron chi connectivity index (χ3n) is 5.02. The molecule has 0 aliphatic heterocycles. The van der Waals surface area contributed by atoms with Crippen LogP contribution in [0.2, 0.25) is 0 Å². The summed E-state index contributed by atoms with van der Waals surface area (Å²) >= 11 is 0. The second kappa shape index (κ2) is 6.48. The summed E-state index contributed by atoms with van der Waals surface area (Å²) in [6.07, 6.45) is 4.29. The normalized spacial score (nSPS) is 20.8. The zero-order valence-electron chi connectivity index (χ0n) is 13.5. The number of para-hydroxylation sites is 1. The minimum atomic E-state index is -0.0735. The van der Waals surface area contributed by atoms with Crippen LogP contribution >= 0.6 is 0 Å². The molecule has 1 aromatic heterocycles. The number of carbonyl (C=O) groups is 1. The topological polar surface area (TPSA) is 57.8 Å². The number of hydrogen-bond donors (Lipinski definition) is 2. The standard InChI is InChI=1S/C20H21N3O/c24-20(19-17-8-4-5-9-18(17)22-23-19)21-16-12-10-15(11-13-16)14-6-2-1-3-7-14/h1-9,15-16H,10-13H2,(H,21,24)(H,22,23). The molecule has 1 aliphatic rings. The van der Waals surface area contributed by atoms with E-state index in [9.17, 15) is 4.79 Å². The summed E-state index contributed by atoms with van der Waals surface area (Å²) in [7, 11) is 0. The minimum Gasteiger partial charge on any atom is -0.348 e. The number of aromatic amines is 1. The lowest BCUT2D eigenvalue weighted by atomic mass is 9.82. The van der Waals surface area contributed by atoms with Crippen molar-refractivity contribution in [1.29, 1.82) is 0 Å². The van der Waals surface area contributed by atoms with Crippen LogP contribution in [0.5, 0.6) is 0 Å². The van der Waals surface area contributed by atoms with Crippen LogP contribution in [-0.2, 0) is 0 Å². The van der Waals surface area contributed by atoms with E-state index in [1.54, 1.807) is 0 Å². The van der Waals surface area contributed by atoms with Crippen molar-refractivity contribution < 1.29 is 4.79 Å². The molecule has 1 amide bonds. The van der Waals surface area contributed by atoms with Crippen LogP contribution in [0.3, 0.4) is 0 Å². The van der Waals surface area contributed by atoms with Gasteiger partial charge in [-0.2, -0.15) is 5.10 Å². The molecule has 0 spiro atoms. The summed E-state index contributed by atoms with van der Waals surface area (Å²) in [5.41, 5.74) is 2.81. The zero-order valence-corrected chi connectivity index (χ0v) is 13.5. The number of carbonyl (C=O) groups excluding carboxylic acids is 1. The van der Waals surface area contributed by atoms with Crippen molar-refractivity contribution >= 4 is 16.8 Å². The van der Waals surface area contributed by atoms with E-state index in [1.807, 2.05) is 24.3 Å². The second-order valence-corrected chi connectivity index (χ2v) is 6.55. The number of H-pyrrole nitrogens is 1. The highest BCUT2D eigenvalue weighted by Crippen LogP contribution is 2.32. The number of nitrogens with zero attached hydrogens (tertiary/aromatic N) is 1. The number of amides is 1. The van der Waals surface area contributed by atoms with Crippen molar-refractivity contribution in [2.45, 2.75) is 37.6 Å². The van der Waals surface area contributed by atoms with Crippen LogP contribution in [0.1, 0.15) is 47.7 Å². The lowest BCUT2D eigenvalue weighted by molar-refractivity contribution is 0.0922. The van der Waals surface area contributed by atoms with Crippen molar-refractivity contribution in [2.24, 2.45) is 0 Å². The van der Waals surface area contributed by atoms with Gasteiger partial charge in [0.25, 0.3) is 5.91 Å². The zero-order chi connectivity index (χ0) is 16.4. The van der Waals surface area contributed by atoms with Gasteiger partial charge in [0.15, 0.2) is 5.69 Å². The summed E-state index contributed by atoms with van der Waals surface area (Å²) in [6.45, 7) is 0. The molecule has 4 heteroatoms. The van der Waals surface area contributed by atoms with Crippen molar-refractivity contribution in [2.75, 3.05) is 0 Å². The van der Waals surface area contributed by atoms with Crippen LogP contribution in [0.15, 0.2) is 54.6 Å². The van der Waals surface area contributed by atoms with Gasteiger partial charge in [0.2, 0.25) is 0 Å². The maximum atomic E-state index is 12.5. The van der Waals surface area contributed by atoms with E-state index in [0.717, 1.165) is 36.6 Å². The monoisotopic (exact) mass is 319 g/mol. The van der Waals surface area contributed by atoms with Crippen LogP contribution in [0.25, 0.3) is 10.9 Å². The smallest absolute Gasteiger partial charge is 0.272 e. The van der Waals surface area contributed by atoms with Gasteiger partial charge in [-0.05, 0) is 43.2 Å². The third-order valence-corrected chi connectivity index (χ3v) is 5.02. The van der Waals surface area contributed by atoms with Crippen LogP contribution < -0.4 is 5.32 Å². The first-order valence-corrected chi connectivity index (χ1v) is 8.60. The van der Waals surface area contributed by atoms with E-state index >= 15 is 0 Å². The first-order valence-electron chi connectivity index (χ1n) is 8.60. The molecule has 0 saturated heterocycles. The number of hydrogen-bond acceptors (Lipinski definition) is 2. The van der Waals surface area contributed by atoms with Crippen molar-refractivity contribution in [3.8, 4) is 0 Å². The van der Waals surface area contributed by atoms with Gasteiger partial charge in [0.1, 0.15) is 0 Å². The molecule has 0 atom stereocenters. The second-order valence-electron chi connectivity index (χ2n) is 6.55. The molecule has 1 fully saturated rings. The van der Waals surface area contributed by atoms with Gasteiger partial charge in [-0.3, -0.25) is 9.89 Å². The van der Waals surface area contributed by atoms with E-state index in [1.165, 1.54) is 5.56 Å². The van der Waals surface area contributed by atoms with Gasteiger partial charge in [0, 0.05) is 11.4 Å². The maximum Gasteiger partial charge on any atom is 0.272 e. The van der Waals surface area contributed by atoms with Crippen LogP contribution in [0, 0.1) is 0 Å². The molecule has 1 heterocycles. The number of nitrogens with one attached hydrogen (secondary N) is 2. The molecule has 122 valence electrons. The fourth-order valence-corrected chi connectivity index (χ4v) is 3.69. The van der Waals surface area contributed by atoms with Gasteiger partial charge in [-0.1, -0.05) is 48.5 Å². The fourth-order valence-electron chi connectivity index (χ4n) is 3.69. The lowest BCUT2D eigenvalue weighted by Gasteiger charge is -2.29. The first kappa shape index (κ1) is 14.9. The van der Waals surface area contributed by atoms with E-state index in [2.05, 4.69) is 45.8 Å². The summed E-state index contributed by atoms with van der Waals surface area (Å²) in [4.78, 5) is 12.5. The predicted octanol–water partition coefficient (Wildman–Crippen LogP) is 4.02. The Morgan fingerprint density at radius 1 is 0.958 bits per heavy atom. The Bertz CT molecular complexity index is 832. The fraction of sp³-hybridized carbons (Fsp3) is 0.300. The Morgan fingerprint density at radius 2 is 1.67 bits per heavy atom. The molecule has 0 unspecified atom stereocenters. The molecule has 2 aromatic carbocycles. The van der Waals surface area contributed by atoms with Crippen molar-refractivity contribution in [3.05, 3.63) is 65.9 Å². The highest BCUT2D eigenvalue weighted by Gasteiger charge is 2.24. The van der Waals surface area contributed by atoms with Crippen molar-refractivity contribution in [1.82, 2.24) is 15.5 Å². The molecule has 1 saturated carbocycles. The van der Waals surface area contributed by atoms with E-state index in [-0.39, 0.29) is 11.9 Å². The summed E-state index contributed by atoms with van der Waals surface area (Å²) in [6, 6.07) is 18.7. The quantitative estimate of drug-likeness (QED) is 0.766. The Kier molecular flexibility index (Phi) is 4.03. The minimum absolute atomic E-state index is 0.0735. The predicted molar refractivity (Wildman–Crippen MR) is 95.0 cm³/mol. The number of rotatable bonds is 3. The van der Waals surface area contributed by atoms with Gasteiger partial charge >= 0.3 is 0 Å². The molecular weight excluding hydrogens is 298 g/mol. The van der Waals surface area contributed by atoms with Gasteiger partial charge in [-0.15, -0.1) is 0 Å².